The van der Waals surface area contributed by atoms with Crippen LogP contribution in [0.1, 0.15) is 16.1 Å². The number of benzene rings is 2. The van der Waals surface area contributed by atoms with Crippen LogP contribution in [0.25, 0.3) is 10.9 Å². The lowest BCUT2D eigenvalue weighted by molar-refractivity contribution is -0.131. The number of piperazine rings is 1. The topological polar surface area (TPSA) is 72.5 Å². The predicted octanol–water partition coefficient (Wildman–Crippen LogP) is 3.60. The number of amides is 2. The Labute approximate surface area is 205 Å². The second kappa shape index (κ2) is 10.5. The van der Waals surface area contributed by atoms with Crippen molar-refractivity contribution < 1.29 is 9.59 Å². The predicted molar refractivity (Wildman–Crippen MR) is 137 cm³/mol. The number of hydrogen-bond donors (Lipinski definition) is 1. The van der Waals surface area contributed by atoms with E-state index in [4.69, 9.17) is 0 Å². The van der Waals surface area contributed by atoms with Crippen LogP contribution in [0.15, 0.2) is 85.2 Å². The average molecular weight is 468 g/mol. The highest BCUT2D eigenvalue weighted by molar-refractivity contribution is 6.10. The second-order valence-corrected chi connectivity index (χ2v) is 8.80. The Morgan fingerprint density at radius 3 is 2.49 bits per heavy atom. The number of hydrogen-bond acceptors (Lipinski definition) is 4. The van der Waals surface area contributed by atoms with Crippen LogP contribution in [0.5, 0.6) is 0 Å². The minimum atomic E-state index is -0.185. The highest BCUT2D eigenvalue weighted by Gasteiger charge is 2.26. The van der Waals surface area contributed by atoms with Gasteiger partial charge >= 0.3 is 0 Å². The van der Waals surface area contributed by atoms with E-state index < -0.39 is 0 Å². The molecule has 35 heavy (non-hydrogen) atoms. The molecule has 5 rings (SSSR count). The molecular weight excluding hydrogens is 438 g/mol. The molecule has 7 heteroatoms. The van der Waals surface area contributed by atoms with E-state index in [1.165, 1.54) is 0 Å². The lowest BCUT2D eigenvalue weighted by Gasteiger charge is -2.35. The number of rotatable bonds is 7. The van der Waals surface area contributed by atoms with E-state index in [0.717, 1.165) is 42.7 Å². The van der Waals surface area contributed by atoms with Gasteiger partial charge in [0.25, 0.3) is 5.91 Å². The molecule has 2 aromatic heterocycles. The third-order valence-electron chi connectivity index (χ3n) is 6.54. The number of aromatic amines is 1. The van der Waals surface area contributed by atoms with Crippen LogP contribution in [0.3, 0.4) is 0 Å². The van der Waals surface area contributed by atoms with Crippen molar-refractivity contribution in [1.29, 1.82) is 0 Å². The minimum absolute atomic E-state index is 0.0134. The molecule has 1 saturated heterocycles. The van der Waals surface area contributed by atoms with E-state index in [2.05, 4.69) is 14.9 Å². The summed E-state index contributed by atoms with van der Waals surface area (Å²) in [5.41, 5.74) is 3.25. The number of fused-ring (bicyclic) bond motifs is 1. The quantitative estimate of drug-likeness (QED) is 0.451. The van der Waals surface area contributed by atoms with Crippen LogP contribution in [-0.2, 0) is 11.2 Å². The Bertz CT molecular complexity index is 1280. The van der Waals surface area contributed by atoms with Crippen molar-refractivity contribution in [3.8, 4) is 0 Å². The first kappa shape index (κ1) is 22.8. The molecule has 3 heterocycles. The summed E-state index contributed by atoms with van der Waals surface area (Å²) in [6, 6.07) is 22.9. The lowest BCUT2D eigenvalue weighted by Crippen LogP contribution is -2.52. The van der Waals surface area contributed by atoms with Crippen molar-refractivity contribution in [1.82, 2.24) is 19.8 Å². The van der Waals surface area contributed by atoms with Gasteiger partial charge in [0.2, 0.25) is 5.91 Å². The van der Waals surface area contributed by atoms with Crippen LogP contribution >= 0.6 is 0 Å². The van der Waals surface area contributed by atoms with Crippen LogP contribution in [0.4, 0.5) is 5.69 Å². The maximum absolute atomic E-state index is 13.5. The highest BCUT2D eigenvalue weighted by Crippen LogP contribution is 2.20. The number of aromatic nitrogens is 2. The molecule has 2 amide bonds. The van der Waals surface area contributed by atoms with E-state index in [1.54, 1.807) is 4.90 Å². The van der Waals surface area contributed by atoms with E-state index in [9.17, 15) is 9.59 Å². The van der Waals surface area contributed by atoms with E-state index >= 15 is 0 Å². The molecule has 1 aliphatic heterocycles. The fourth-order valence-electron chi connectivity index (χ4n) is 4.50. The zero-order valence-corrected chi connectivity index (χ0v) is 19.6. The molecule has 0 aliphatic carbocycles. The molecular formula is C28H29N5O2. The van der Waals surface area contributed by atoms with Crippen molar-refractivity contribution >= 4 is 28.4 Å². The number of pyridine rings is 1. The molecule has 7 nitrogen and oxygen atoms in total. The summed E-state index contributed by atoms with van der Waals surface area (Å²) in [7, 11) is 0. The molecule has 0 bridgehead atoms. The Kier molecular flexibility index (Phi) is 6.86. The normalized spacial score (nSPS) is 14.2. The van der Waals surface area contributed by atoms with E-state index in [-0.39, 0.29) is 18.4 Å². The van der Waals surface area contributed by atoms with Gasteiger partial charge in [-0.05, 0) is 47.9 Å². The Morgan fingerprint density at radius 2 is 1.71 bits per heavy atom. The third kappa shape index (κ3) is 5.41. The fourth-order valence-corrected chi connectivity index (χ4v) is 4.50. The Hall–Kier alpha value is -3.97. The van der Waals surface area contributed by atoms with Gasteiger partial charge in [-0.1, -0.05) is 30.3 Å². The molecule has 0 spiro atoms. The second-order valence-electron chi connectivity index (χ2n) is 8.80. The zero-order chi connectivity index (χ0) is 24.0. The van der Waals surface area contributed by atoms with Crippen molar-refractivity contribution in [3.63, 3.8) is 0 Å². The largest absolute Gasteiger partial charge is 0.361 e. The van der Waals surface area contributed by atoms with Gasteiger partial charge in [-0.25, -0.2) is 0 Å². The summed E-state index contributed by atoms with van der Waals surface area (Å²) in [6.45, 7) is 3.90. The number of nitrogens with zero attached hydrogens (tertiary/aromatic N) is 4. The summed E-state index contributed by atoms with van der Waals surface area (Å²) in [5.74, 6) is -0.220. The first-order valence-corrected chi connectivity index (χ1v) is 12.0. The van der Waals surface area contributed by atoms with Crippen molar-refractivity contribution in [2.45, 2.75) is 6.42 Å². The number of anilines is 1. The van der Waals surface area contributed by atoms with Crippen LogP contribution in [0, 0.1) is 0 Å². The average Bonchev–Trinajstić information content (AvgIpc) is 3.39. The van der Waals surface area contributed by atoms with Crippen molar-refractivity contribution in [2.24, 2.45) is 0 Å². The van der Waals surface area contributed by atoms with Crippen LogP contribution in [0.2, 0.25) is 0 Å². The van der Waals surface area contributed by atoms with Crippen LogP contribution < -0.4 is 4.90 Å². The molecule has 178 valence electrons. The van der Waals surface area contributed by atoms with Gasteiger partial charge in [-0.2, -0.15) is 0 Å². The van der Waals surface area contributed by atoms with Gasteiger partial charge in [0.15, 0.2) is 0 Å². The number of nitrogens with one attached hydrogen (secondary N) is 1. The van der Waals surface area contributed by atoms with Crippen molar-refractivity contribution in [2.75, 3.05) is 44.2 Å². The summed E-state index contributed by atoms with van der Waals surface area (Å²) < 4.78 is 0. The standard InChI is InChI=1S/C28H29N5O2/c34-27(32-18-16-31(17-19-32)15-12-24-6-4-5-13-29-24)21-33(25-7-2-1-3-8-25)28(35)23-10-9-22-11-14-30-26(22)20-23/h1-11,13-14,20,30H,12,15-19,21H2. The maximum atomic E-state index is 13.5. The van der Waals surface area contributed by atoms with Gasteiger partial charge in [0.05, 0.1) is 0 Å². The first-order chi connectivity index (χ1) is 17.2. The van der Waals surface area contributed by atoms with Gasteiger partial charge in [0, 0.05) is 74.0 Å². The third-order valence-corrected chi connectivity index (χ3v) is 6.54. The Balaban J connectivity index is 1.24. The van der Waals surface area contributed by atoms with E-state index in [1.807, 2.05) is 90.1 Å². The number of carbonyl (C=O) groups is 2. The fraction of sp³-hybridized carbons (Fsp3) is 0.250. The molecule has 1 fully saturated rings. The van der Waals surface area contributed by atoms with E-state index in [0.29, 0.717) is 24.3 Å². The molecule has 4 aromatic rings. The summed E-state index contributed by atoms with van der Waals surface area (Å²) in [4.78, 5) is 40.2. The van der Waals surface area contributed by atoms with Gasteiger partial charge in [-0.15, -0.1) is 0 Å². The minimum Gasteiger partial charge on any atom is -0.361 e. The molecule has 1 N–H and O–H groups in total. The smallest absolute Gasteiger partial charge is 0.258 e. The summed E-state index contributed by atoms with van der Waals surface area (Å²) in [5, 5.41) is 1.05. The monoisotopic (exact) mass is 467 g/mol. The molecule has 1 aliphatic rings. The first-order valence-electron chi connectivity index (χ1n) is 12.0. The maximum Gasteiger partial charge on any atom is 0.258 e. The zero-order valence-electron chi connectivity index (χ0n) is 19.6. The highest BCUT2D eigenvalue weighted by atomic mass is 16.2. The number of para-hydroxylation sites is 1. The SMILES string of the molecule is O=C(CN(C(=O)c1ccc2cc[nH]c2c1)c1ccccc1)N1CCN(CCc2ccccn2)CC1. The molecule has 0 atom stereocenters. The van der Waals surface area contributed by atoms with Crippen LogP contribution in [-0.4, -0.2) is 70.9 Å². The molecule has 0 radical (unpaired) electrons. The molecule has 0 unspecified atom stereocenters. The lowest BCUT2D eigenvalue weighted by atomic mass is 10.1. The number of H-pyrrole nitrogens is 1. The van der Waals surface area contributed by atoms with Crippen molar-refractivity contribution in [3.05, 3.63) is 96.4 Å². The summed E-state index contributed by atoms with van der Waals surface area (Å²) >= 11 is 0. The van der Waals surface area contributed by atoms with Gasteiger partial charge < -0.3 is 9.88 Å². The molecule has 0 saturated carbocycles. The molecule has 2 aromatic carbocycles. The van der Waals surface area contributed by atoms with Gasteiger partial charge in [0.1, 0.15) is 6.54 Å². The Morgan fingerprint density at radius 1 is 0.914 bits per heavy atom. The summed E-state index contributed by atoms with van der Waals surface area (Å²) in [6.07, 6.45) is 4.57. The van der Waals surface area contributed by atoms with Gasteiger partial charge in [-0.3, -0.25) is 24.4 Å². The number of carbonyl (C=O) groups excluding carboxylic acids is 2.